The highest BCUT2D eigenvalue weighted by Crippen LogP contribution is 2.58. The van der Waals surface area contributed by atoms with Gasteiger partial charge >= 0.3 is 0 Å². The van der Waals surface area contributed by atoms with E-state index in [9.17, 15) is 5.26 Å². The van der Waals surface area contributed by atoms with E-state index < -0.39 is 0 Å². The van der Waals surface area contributed by atoms with Crippen molar-refractivity contribution in [2.45, 2.75) is 157 Å². The summed E-state index contributed by atoms with van der Waals surface area (Å²) in [6.07, 6.45) is 43.9. The molecule has 6 fully saturated rings. The molecule has 8 aliphatic carbocycles. The second-order valence-corrected chi connectivity index (χ2v) is 20.4. The maximum Gasteiger partial charge on any atom is 0.0944 e. The molecular formula is C45H62N2S. The van der Waals surface area contributed by atoms with Gasteiger partial charge in [-0.1, -0.05) is 75.7 Å². The van der Waals surface area contributed by atoms with E-state index in [4.69, 9.17) is 0 Å². The van der Waals surface area contributed by atoms with E-state index in [0.717, 1.165) is 82.5 Å². The van der Waals surface area contributed by atoms with Gasteiger partial charge in [0.05, 0.1) is 6.07 Å². The van der Waals surface area contributed by atoms with E-state index in [2.05, 4.69) is 53.1 Å². The van der Waals surface area contributed by atoms with Gasteiger partial charge < -0.3 is 4.90 Å². The second-order valence-electron chi connectivity index (χ2n) is 19.0. The van der Waals surface area contributed by atoms with Crippen LogP contribution in [0.15, 0.2) is 47.2 Å². The molecule has 10 aliphatic rings. The molecule has 48 heavy (non-hydrogen) atoms. The van der Waals surface area contributed by atoms with Gasteiger partial charge in [0.15, 0.2) is 0 Å². The largest absolute Gasteiger partial charge is 0.361 e. The van der Waals surface area contributed by atoms with Crippen LogP contribution in [0.5, 0.6) is 0 Å². The van der Waals surface area contributed by atoms with E-state index in [1.54, 1.807) is 37.8 Å². The summed E-state index contributed by atoms with van der Waals surface area (Å²) in [5.41, 5.74) is 4.68. The van der Waals surface area contributed by atoms with Crippen molar-refractivity contribution in [2.75, 3.05) is 0 Å². The highest BCUT2D eigenvalue weighted by molar-refractivity contribution is 8.01. The highest BCUT2D eigenvalue weighted by atomic mass is 32.2. The quantitative estimate of drug-likeness (QED) is 0.281. The topological polar surface area (TPSA) is 27.0 Å². The lowest BCUT2D eigenvalue weighted by atomic mass is 9.60. The van der Waals surface area contributed by atoms with E-state index in [-0.39, 0.29) is 0 Å². The van der Waals surface area contributed by atoms with E-state index in [1.807, 2.05) is 5.57 Å². The molecule has 0 spiro atoms. The van der Waals surface area contributed by atoms with Crippen molar-refractivity contribution in [1.29, 1.82) is 5.26 Å². The van der Waals surface area contributed by atoms with Gasteiger partial charge in [0.2, 0.25) is 0 Å². The van der Waals surface area contributed by atoms with Crippen molar-refractivity contribution in [3.05, 3.63) is 47.2 Å². The van der Waals surface area contributed by atoms with Crippen molar-refractivity contribution in [1.82, 2.24) is 4.90 Å². The van der Waals surface area contributed by atoms with Crippen LogP contribution in [-0.2, 0) is 0 Å². The van der Waals surface area contributed by atoms with Crippen LogP contribution in [0.3, 0.4) is 0 Å². The number of thioether (sulfide) groups is 1. The van der Waals surface area contributed by atoms with Gasteiger partial charge in [-0.2, -0.15) is 5.26 Å². The molecule has 0 aromatic rings. The minimum absolute atomic E-state index is 0.562. The zero-order valence-corrected chi connectivity index (χ0v) is 30.5. The van der Waals surface area contributed by atoms with Crippen LogP contribution < -0.4 is 0 Å². The van der Waals surface area contributed by atoms with Crippen molar-refractivity contribution >= 4 is 11.8 Å². The minimum Gasteiger partial charge on any atom is -0.361 e. The molecule has 1 saturated heterocycles. The maximum absolute atomic E-state index is 9.62. The first-order chi connectivity index (χ1) is 23.7. The third-order valence-corrected chi connectivity index (χ3v) is 18.6. The summed E-state index contributed by atoms with van der Waals surface area (Å²) in [7, 11) is 0. The SMILES string of the molecule is N#CC1=CC2SC3CC(N4C5=C(CC(C6CCC7CCCCC7C6)C=C5)C5CC(C6CCC7CCCCC7C6)CCC54)C=CC3C2CC1. The van der Waals surface area contributed by atoms with Crippen molar-refractivity contribution in [3.63, 3.8) is 0 Å². The van der Waals surface area contributed by atoms with Gasteiger partial charge in [-0.3, -0.25) is 0 Å². The molecule has 0 aromatic carbocycles. The fourth-order valence-electron chi connectivity index (χ4n) is 14.6. The van der Waals surface area contributed by atoms with Crippen LogP contribution in [0, 0.1) is 76.4 Å². The van der Waals surface area contributed by atoms with Crippen LogP contribution in [0.1, 0.15) is 135 Å². The lowest BCUT2D eigenvalue weighted by Crippen LogP contribution is -2.46. The Morgan fingerprint density at radius 1 is 0.667 bits per heavy atom. The van der Waals surface area contributed by atoms with E-state index >= 15 is 0 Å². The lowest BCUT2D eigenvalue weighted by Gasteiger charge is -2.47. The molecule has 0 amide bonds. The van der Waals surface area contributed by atoms with Crippen LogP contribution in [-0.4, -0.2) is 27.5 Å². The van der Waals surface area contributed by atoms with Crippen molar-refractivity contribution < 1.29 is 0 Å². The molecule has 10 rings (SSSR count). The summed E-state index contributed by atoms with van der Waals surface area (Å²) in [6.45, 7) is 0. The first-order valence-electron chi connectivity index (χ1n) is 21.3. The molecule has 15 unspecified atom stereocenters. The Balaban J connectivity index is 0.902. The Kier molecular flexibility index (Phi) is 8.48. The lowest BCUT2D eigenvalue weighted by molar-refractivity contribution is 0.0559. The van der Waals surface area contributed by atoms with Crippen LogP contribution in [0.2, 0.25) is 0 Å². The number of allylic oxidation sites excluding steroid dienone is 4. The smallest absolute Gasteiger partial charge is 0.0944 e. The molecule has 0 N–H and O–H groups in total. The Hall–Kier alpha value is -1.40. The summed E-state index contributed by atoms with van der Waals surface area (Å²) < 4.78 is 0. The molecule has 5 saturated carbocycles. The number of hydrogen-bond acceptors (Lipinski definition) is 3. The Morgan fingerprint density at radius 3 is 2.12 bits per heavy atom. The number of nitriles is 1. The third-order valence-electron chi connectivity index (χ3n) is 17.0. The molecule has 2 nitrogen and oxygen atoms in total. The molecule has 258 valence electrons. The third kappa shape index (κ3) is 5.46. The molecule has 0 aromatic heterocycles. The van der Waals surface area contributed by atoms with Gasteiger partial charge in [-0.15, -0.1) is 11.8 Å². The Labute approximate surface area is 296 Å². The van der Waals surface area contributed by atoms with E-state index in [0.29, 0.717) is 17.2 Å². The summed E-state index contributed by atoms with van der Waals surface area (Å²) >= 11 is 2.24. The van der Waals surface area contributed by atoms with Gasteiger partial charge in [0, 0.05) is 39.8 Å². The number of fused-ring (bicyclic) bond motifs is 7. The minimum atomic E-state index is 0.562. The van der Waals surface area contributed by atoms with Crippen LogP contribution in [0.25, 0.3) is 0 Å². The van der Waals surface area contributed by atoms with Gasteiger partial charge in [0.25, 0.3) is 0 Å². The first-order valence-corrected chi connectivity index (χ1v) is 22.3. The summed E-state index contributed by atoms with van der Waals surface area (Å²) in [5.74, 6) is 10.2. The number of nitrogens with zero attached hydrogens (tertiary/aromatic N) is 2. The van der Waals surface area contributed by atoms with Crippen LogP contribution in [0.4, 0.5) is 0 Å². The summed E-state index contributed by atoms with van der Waals surface area (Å²) in [4.78, 5) is 3.05. The predicted octanol–water partition coefficient (Wildman–Crippen LogP) is 11.4. The molecular weight excluding hydrogens is 601 g/mol. The normalized spacial score (nSPS) is 49.5. The average molecular weight is 663 g/mol. The summed E-state index contributed by atoms with van der Waals surface area (Å²) in [6, 6.07) is 3.80. The van der Waals surface area contributed by atoms with Crippen LogP contribution >= 0.6 is 11.8 Å². The van der Waals surface area contributed by atoms with E-state index in [1.165, 1.54) is 96.3 Å². The molecule has 2 heterocycles. The maximum atomic E-state index is 9.62. The molecule has 3 heteroatoms. The average Bonchev–Trinajstić information content (AvgIpc) is 3.68. The molecule has 15 atom stereocenters. The fraction of sp³-hybridized carbons (Fsp3) is 0.800. The predicted molar refractivity (Wildman–Crippen MR) is 199 cm³/mol. The standard InChI is InChI=1S/C45H62N2S/c46-27-28-9-17-38-39-18-16-37(26-45(39)48-44(38)21-28)47-42-19-14-35(33-12-10-29-5-1-3-7-31(29)22-33)24-40(42)41-25-36(15-20-43(41)47)34-13-11-30-6-2-4-8-32(30)23-34/h14,16,18-19,21,29-39,41,43-45H,1-13,15,17,20,22-26H2. The zero-order chi connectivity index (χ0) is 31.8. The first kappa shape index (κ1) is 31.3. The Bertz CT molecular complexity index is 1400. The zero-order valence-electron chi connectivity index (χ0n) is 29.7. The van der Waals surface area contributed by atoms with Crippen molar-refractivity contribution in [3.8, 4) is 6.07 Å². The van der Waals surface area contributed by atoms with Crippen molar-refractivity contribution in [2.24, 2.45) is 65.1 Å². The second kappa shape index (κ2) is 13.0. The highest BCUT2D eigenvalue weighted by Gasteiger charge is 2.52. The monoisotopic (exact) mass is 662 g/mol. The van der Waals surface area contributed by atoms with Gasteiger partial charge in [-0.05, 0) is 154 Å². The number of hydrogen-bond donors (Lipinski definition) is 0. The fourth-order valence-corrected chi connectivity index (χ4v) is 16.5. The Morgan fingerprint density at radius 2 is 1.33 bits per heavy atom. The number of rotatable bonds is 3. The van der Waals surface area contributed by atoms with Gasteiger partial charge in [-0.25, -0.2) is 0 Å². The molecule has 2 aliphatic heterocycles. The molecule has 0 bridgehead atoms. The molecule has 0 radical (unpaired) electrons. The van der Waals surface area contributed by atoms with Gasteiger partial charge in [0.1, 0.15) is 0 Å². The summed E-state index contributed by atoms with van der Waals surface area (Å²) in [5, 5.41) is 10.9.